The number of nitrogens with zero attached hydrogens (tertiary/aromatic N) is 1. The van der Waals surface area contributed by atoms with Crippen molar-refractivity contribution in [2.75, 3.05) is 0 Å². The van der Waals surface area contributed by atoms with Gasteiger partial charge in [0.1, 0.15) is 0 Å². The standard InChI is InChI=1S/C11H8F2N2OS/c12-9-2-1-7(3-10(9)13)11(16)14-4-8-5-17-6-15-8/h1-3,5-6H,4H2,(H,14,16). The van der Waals surface area contributed by atoms with Crippen molar-refractivity contribution in [1.29, 1.82) is 0 Å². The Labute approximate surface area is 100 Å². The minimum atomic E-state index is -1.04. The summed E-state index contributed by atoms with van der Waals surface area (Å²) >= 11 is 1.42. The Morgan fingerprint density at radius 3 is 2.82 bits per heavy atom. The summed E-state index contributed by atoms with van der Waals surface area (Å²) in [6.07, 6.45) is 0. The molecule has 1 amide bonds. The van der Waals surface area contributed by atoms with Crippen molar-refractivity contribution in [2.45, 2.75) is 6.54 Å². The fourth-order valence-corrected chi connectivity index (χ4v) is 1.79. The van der Waals surface area contributed by atoms with E-state index in [0.29, 0.717) is 0 Å². The van der Waals surface area contributed by atoms with Crippen LogP contribution in [0.1, 0.15) is 16.1 Å². The number of hydrogen-bond acceptors (Lipinski definition) is 3. The second-order valence-electron chi connectivity index (χ2n) is 3.29. The van der Waals surface area contributed by atoms with E-state index in [0.717, 1.165) is 17.8 Å². The fraction of sp³-hybridized carbons (Fsp3) is 0.0909. The molecule has 0 aliphatic carbocycles. The van der Waals surface area contributed by atoms with Crippen LogP contribution in [0.25, 0.3) is 0 Å². The van der Waals surface area contributed by atoms with Gasteiger partial charge in [-0.3, -0.25) is 4.79 Å². The van der Waals surface area contributed by atoms with Gasteiger partial charge in [0.25, 0.3) is 5.91 Å². The predicted octanol–water partition coefficient (Wildman–Crippen LogP) is 2.35. The maximum absolute atomic E-state index is 12.9. The van der Waals surface area contributed by atoms with Crippen LogP contribution in [-0.4, -0.2) is 10.9 Å². The number of carbonyl (C=O) groups excluding carboxylic acids is 1. The molecule has 1 heterocycles. The van der Waals surface area contributed by atoms with E-state index in [1.165, 1.54) is 17.4 Å². The van der Waals surface area contributed by atoms with E-state index in [9.17, 15) is 13.6 Å². The van der Waals surface area contributed by atoms with Gasteiger partial charge in [0.15, 0.2) is 11.6 Å². The first kappa shape index (κ1) is 11.7. The predicted molar refractivity (Wildman–Crippen MR) is 59.6 cm³/mol. The molecule has 0 bridgehead atoms. The molecule has 2 rings (SSSR count). The van der Waals surface area contributed by atoms with Crippen molar-refractivity contribution in [1.82, 2.24) is 10.3 Å². The number of rotatable bonds is 3. The normalized spacial score (nSPS) is 10.2. The number of aromatic nitrogens is 1. The van der Waals surface area contributed by atoms with E-state index >= 15 is 0 Å². The molecule has 3 nitrogen and oxygen atoms in total. The molecule has 0 spiro atoms. The number of benzene rings is 1. The van der Waals surface area contributed by atoms with Crippen LogP contribution in [0.4, 0.5) is 8.78 Å². The first-order chi connectivity index (χ1) is 8.16. The van der Waals surface area contributed by atoms with E-state index in [-0.39, 0.29) is 12.1 Å². The van der Waals surface area contributed by atoms with E-state index in [1.807, 2.05) is 0 Å². The van der Waals surface area contributed by atoms with Gasteiger partial charge in [-0.25, -0.2) is 13.8 Å². The Kier molecular flexibility index (Phi) is 3.43. The average molecular weight is 254 g/mol. The molecule has 0 atom stereocenters. The number of carbonyl (C=O) groups is 1. The van der Waals surface area contributed by atoms with Crippen LogP contribution >= 0.6 is 11.3 Å². The Hall–Kier alpha value is -1.82. The largest absolute Gasteiger partial charge is 0.346 e. The maximum Gasteiger partial charge on any atom is 0.251 e. The van der Waals surface area contributed by atoms with E-state index in [4.69, 9.17) is 0 Å². The molecule has 0 aliphatic heterocycles. The van der Waals surface area contributed by atoms with E-state index in [2.05, 4.69) is 10.3 Å². The third-order valence-electron chi connectivity index (χ3n) is 2.10. The molecule has 0 radical (unpaired) electrons. The maximum atomic E-state index is 12.9. The Balaban J connectivity index is 2.02. The van der Waals surface area contributed by atoms with Gasteiger partial charge in [0.2, 0.25) is 0 Å². The van der Waals surface area contributed by atoms with Crippen molar-refractivity contribution >= 4 is 17.2 Å². The zero-order chi connectivity index (χ0) is 12.3. The molecule has 0 saturated heterocycles. The third-order valence-corrected chi connectivity index (χ3v) is 2.73. The Morgan fingerprint density at radius 1 is 1.35 bits per heavy atom. The first-order valence-electron chi connectivity index (χ1n) is 4.77. The third kappa shape index (κ3) is 2.85. The molecule has 1 aromatic carbocycles. The lowest BCUT2D eigenvalue weighted by Crippen LogP contribution is -2.23. The van der Waals surface area contributed by atoms with Crippen LogP contribution in [0.3, 0.4) is 0 Å². The molecule has 0 fully saturated rings. The van der Waals surface area contributed by atoms with Gasteiger partial charge < -0.3 is 5.32 Å². The molecule has 1 N–H and O–H groups in total. The lowest BCUT2D eigenvalue weighted by molar-refractivity contribution is 0.0950. The Bertz CT molecular complexity index is 528. The number of halogens is 2. The number of amides is 1. The molecule has 88 valence electrons. The zero-order valence-electron chi connectivity index (χ0n) is 8.61. The van der Waals surface area contributed by atoms with Gasteiger partial charge >= 0.3 is 0 Å². The van der Waals surface area contributed by atoms with Crippen molar-refractivity contribution in [3.05, 3.63) is 52.0 Å². The first-order valence-corrected chi connectivity index (χ1v) is 5.71. The fourth-order valence-electron chi connectivity index (χ4n) is 1.24. The summed E-state index contributed by atoms with van der Waals surface area (Å²) in [5.74, 6) is -2.47. The summed E-state index contributed by atoms with van der Waals surface area (Å²) in [6, 6.07) is 3.02. The molecule has 1 aromatic heterocycles. The van der Waals surface area contributed by atoms with Crippen molar-refractivity contribution in [2.24, 2.45) is 0 Å². The monoisotopic (exact) mass is 254 g/mol. The summed E-state index contributed by atoms with van der Waals surface area (Å²) in [6.45, 7) is 0.265. The van der Waals surface area contributed by atoms with Crippen LogP contribution in [0.5, 0.6) is 0 Å². The molecule has 17 heavy (non-hydrogen) atoms. The topological polar surface area (TPSA) is 42.0 Å². The smallest absolute Gasteiger partial charge is 0.251 e. The molecule has 0 saturated carbocycles. The number of thiazole rings is 1. The second kappa shape index (κ2) is 5.01. The Morgan fingerprint density at radius 2 is 2.18 bits per heavy atom. The highest BCUT2D eigenvalue weighted by Gasteiger charge is 2.09. The average Bonchev–Trinajstić information content (AvgIpc) is 2.82. The van der Waals surface area contributed by atoms with Crippen molar-refractivity contribution < 1.29 is 13.6 Å². The van der Waals surface area contributed by atoms with Gasteiger partial charge in [-0.2, -0.15) is 0 Å². The van der Waals surface area contributed by atoms with E-state index < -0.39 is 17.5 Å². The minimum Gasteiger partial charge on any atom is -0.346 e. The quantitative estimate of drug-likeness (QED) is 0.913. The summed E-state index contributed by atoms with van der Waals surface area (Å²) in [7, 11) is 0. The van der Waals surface area contributed by atoms with Crippen LogP contribution in [-0.2, 0) is 6.54 Å². The highest BCUT2D eigenvalue weighted by molar-refractivity contribution is 7.07. The zero-order valence-corrected chi connectivity index (χ0v) is 9.43. The van der Waals surface area contributed by atoms with Gasteiger partial charge in [-0.1, -0.05) is 0 Å². The highest BCUT2D eigenvalue weighted by atomic mass is 32.1. The van der Waals surface area contributed by atoms with Gasteiger partial charge in [0, 0.05) is 10.9 Å². The van der Waals surface area contributed by atoms with Gasteiger partial charge in [-0.15, -0.1) is 11.3 Å². The lowest BCUT2D eigenvalue weighted by atomic mass is 10.2. The van der Waals surface area contributed by atoms with E-state index in [1.54, 1.807) is 10.9 Å². The van der Waals surface area contributed by atoms with Gasteiger partial charge in [-0.05, 0) is 18.2 Å². The van der Waals surface area contributed by atoms with Crippen molar-refractivity contribution in [3.63, 3.8) is 0 Å². The van der Waals surface area contributed by atoms with Crippen LogP contribution < -0.4 is 5.32 Å². The summed E-state index contributed by atoms with van der Waals surface area (Å²) in [4.78, 5) is 15.6. The highest BCUT2D eigenvalue weighted by Crippen LogP contribution is 2.09. The van der Waals surface area contributed by atoms with Gasteiger partial charge in [0.05, 0.1) is 17.7 Å². The van der Waals surface area contributed by atoms with Crippen LogP contribution in [0.15, 0.2) is 29.1 Å². The summed E-state index contributed by atoms with van der Waals surface area (Å²) in [5.41, 5.74) is 2.46. The molecular formula is C11H8F2N2OS. The molecule has 0 unspecified atom stereocenters. The number of nitrogens with one attached hydrogen (secondary N) is 1. The lowest BCUT2D eigenvalue weighted by Gasteiger charge is -2.03. The minimum absolute atomic E-state index is 0.0825. The van der Waals surface area contributed by atoms with Crippen LogP contribution in [0.2, 0.25) is 0 Å². The summed E-state index contributed by atoms with van der Waals surface area (Å²) in [5, 5.41) is 4.36. The SMILES string of the molecule is O=C(NCc1cscn1)c1ccc(F)c(F)c1. The molecule has 2 aromatic rings. The number of hydrogen-bond donors (Lipinski definition) is 1. The molecular weight excluding hydrogens is 246 g/mol. The summed E-state index contributed by atoms with van der Waals surface area (Å²) < 4.78 is 25.5. The van der Waals surface area contributed by atoms with Crippen molar-refractivity contribution in [3.8, 4) is 0 Å². The van der Waals surface area contributed by atoms with Crippen LogP contribution in [0, 0.1) is 11.6 Å². The second-order valence-corrected chi connectivity index (χ2v) is 4.01. The molecule has 0 aliphatic rings. The molecule has 6 heteroatoms.